The number of rotatable bonds is 6. The van der Waals surface area contributed by atoms with E-state index >= 15 is 0 Å². The van der Waals surface area contributed by atoms with Crippen molar-refractivity contribution >= 4 is 12.0 Å². The zero-order chi connectivity index (χ0) is 21.1. The van der Waals surface area contributed by atoms with Gasteiger partial charge in [0.25, 0.3) is 0 Å². The summed E-state index contributed by atoms with van der Waals surface area (Å²) in [5.41, 5.74) is 3.04. The van der Waals surface area contributed by atoms with Crippen LogP contribution in [0.5, 0.6) is 11.5 Å². The van der Waals surface area contributed by atoms with Crippen LogP contribution in [0.25, 0.3) is 11.1 Å². The second kappa shape index (κ2) is 8.65. The average molecular weight is 410 g/mol. The second-order valence-corrected chi connectivity index (χ2v) is 7.74. The molecule has 158 valence electrons. The predicted molar refractivity (Wildman–Crippen MR) is 112 cm³/mol. The number of hydrogen-bond acceptors (Lipinski definition) is 5. The Morgan fingerprint density at radius 2 is 1.90 bits per heavy atom. The van der Waals surface area contributed by atoms with Crippen molar-refractivity contribution in [2.75, 3.05) is 26.3 Å². The number of cyclic esters (lactones) is 1. The zero-order valence-electron chi connectivity index (χ0n) is 17.2. The third kappa shape index (κ3) is 4.50. The van der Waals surface area contributed by atoms with E-state index < -0.39 is 6.09 Å². The molecule has 7 nitrogen and oxygen atoms in total. The Morgan fingerprint density at radius 3 is 2.60 bits per heavy atom. The quantitative estimate of drug-likeness (QED) is 0.788. The van der Waals surface area contributed by atoms with Crippen LogP contribution in [0, 0.1) is 0 Å². The normalized spacial score (nSPS) is 17.9. The molecule has 2 aliphatic rings. The fourth-order valence-corrected chi connectivity index (χ4v) is 3.70. The second-order valence-electron chi connectivity index (χ2n) is 7.74. The molecule has 1 fully saturated rings. The van der Waals surface area contributed by atoms with Crippen LogP contribution in [-0.2, 0) is 9.53 Å². The molecule has 1 saturated heterocycles. The largest absolute Gasteiger partial charge is 0.493 e. The van der Waals surface area contributed by atoms with E-state index in [-0.39, 0.29) is 24.6 Å². The number of nitrogens with zero attached hydrogens (tertiary/aromatic N) is 1. The van der Waals surface area contributed by atoms with Crippen LogP contribution in [0.1, 0.15) is 31.9 Å². The lowest BCUT2D eigenvalue weighted by atomic mass is 9.95. The van der Waals surface area contributed by atoms with Crippen molar-refractivity contribution < 1.29 is 23.8 Å². The van der Waals surface area contributed by atoms with Gasteiger partial charge in [0.15, 0.2) is 0 Å². The summed E-state index contributed by atoms with van der Waals surface area (Å²) in [6.07, 6.45) is 0.363. The number of nitrogens with one attached hydrogen (secondary N) is 1. The number of carbonyl (C=O) groups excluding carboxylic acids is 2. The van der Waals surface area contributed by atoms with E-state index in [1.54, 1.807) is 0 Å². The monoisotopic (exact) mass is 410 g/mol. The summed E-state index contributed by atoms with van der Waals surface area (Å²) in [4.78, 5) is 25.5. The van der Waals surface area contributed by atoms with E-state index in [1.165, 1.54) is 4.90 Å². The van der Waals surface area contributed by atoms with E-state index in [9.17, 15) is 9.59 Å². The lowest BCUT2D eigenvalue weighted by molar-refractivity contribution is -0.122. The first-order valence-electron chi connectivity index (χ1n) is 10.2. The number of benzene rings is 2. The Bertz CT molecular complexity index is 926. The fourth-order valence-electron chi connectivity index (χ4n) is 3.70. The van der Waals surface area contributed by atoms with Gasteiger partial charge < -0.3 is 19.5 Å². The van der Waals surface area contributed by atoms with Gasteiger partial charge in [-0.2, -0.15) is 0 Å². The van der Waals surface area contributed by atoms with E-state index in [0.717, 1.165) is 28.2 Å². The van der Waals surface area contributed by atoms with Crippen molar-refractivity contribution in [1.82, 2.24) is 10.2 Å². The molecule has 2 amide bonds. The van der Waals surface area contributed by atoms with E-state index in [1.807, 2.05) is 50.2 Å². The summed E-state index contributed by atoms with van der Waals surface area (Å²) in [7, 11) is 0. The van der Waals surface area contributed by atoms with E-state index in [0.29, 0.717) is 26.2 Å². The topological polar surface area (TPSA) is 77.1 Å². The summed E-state index contributed by atoms with van der Waals surface area (Å²) in [6, 6.07) is 13.8. The highest BCUT2D eigenvalue weighted by atomic mass is 16.6. The van der Waals surface area contributed by atoms with Crippen LogP contribution in [0.15, 0.2) is 42.5 Å². The highest BCUT2D eigenvalue weighted by molar-refractivity contribution is 5.83. The molecule has 1 unspecified atom stereocenters. The first-order valence-corrected chi connectivity index (χ1v) is 10.2. The van der Waals surface area contributed by atoms with Gasteiger partial charge in [-0.05, 0) is 49.2 Å². The number of carbonyl (C=O) groups is 2. The predicted octanol–water partition coefficient (Wildman–Crippen LogP) is 3.53. The third-order valence-corrected chi connectivity index (χ3v) is 5.12. The lowest BCUT2D eigenvalue weighted by Gasteiger charge is -2.28. The van der Waals surface area contributed by atoms with Crippen molar-refractivity contribution in [3.8, 4) is 22.6 Å². The fraction of sp³-hybridized carbons (Fsp3) is 0.391. The lowest BCUT2D eigenvalue weighted by Crippen LogP contribution is -2.40. The SMILES string of the molecule is CC(C)Oc1ccc(-c2ccc3c(c2)C(NC(=O)CN2CCOC2=O)CCO3)cc1. The molecule has 0 bridgehead atoms. The standard InChI is InChI=1S/C23H26N2O5/c1-15(2)30-18-6-3-16(4-7-18)17-5-8-21-19(13-17)20(9-11-28-21)24-22(26)14-25-10-12-29-23(25)27/h3-8,13,15,20H,9-12,14H2,1-2H3,(H,24,26). The summed E-state index contributed by atoms with van der Waals surface area (Å²) in [5.74, 6) is 1.41. The highest BCUT2D eigenvalue weighted by Crippen LogP contribution is 2.36. The Hall–Kier alpha value is -3.22. The Kier molecular flexibility index (Phi) is 5.79. The first-order chi connectivity index (χ1) is 14.5. The number of ether oxygens (including phenoxy) is 3. The molecule has 4 rings (SSSR count). The Labute approximate surface area is 175 Å². The summed E-state index contributed by atoms with van der Waals surface area (Å²) >= 11 is 0. The summed E-state index contributed by atoms with van der Waals surface area (Å²) in [6.45, 7) is 5.30. The molecular weight excluding hydrogens is 384 g/mol. The minimum Gasteiger partial charge on any atom is -0.493 e. The highest BCUT2D eigenvalue weighted by Gasteiger charge is 2.27. The van der Waals surface area contributed by atoms with Crippen molar-refractivity contribution in [3.63, 3.8) is 0 Å². The molecule has 1 N–H and O–H groups in total. The molecule has 0 radical (unpaired) electrons. The Morgan fingerprint density at radius 1 is 1.13 bits per heavy atom. The van der Waals surface area contributed by atoms with Gasteiger partial charge in [0.05, 0.1) is 25.3 Å². The number of hydrogen-bond donors (Lipinski definition) is 1. The van der Waals surface area contributed by atoms with Crippen LogP contribution >= 0.6 is 0 Å². The van der Waals surface area contributed by atoms with Crippen LogP contribution in [0.2, 0.25) is 0 Å². The molecule has 7 heteroatoms. The molecule has 2 aromatic carbocycles. The van der Waals surface area contributed by atoms with Crippen LogP contribution in [0.3, 0.4) is 0 Å². The van der Waals surface area contributed by atoms with Gasteiger partial charge in [-0.3, -0.25) is 9.69 Å². The van der Waals surface area contributed by atoms with Gasteiger partial charge in [-0.15, -0.1) is 0 Å². The summed E-state index contributed by atoms with van der Waals surface area (Å²) < 4.78 is 16.4. The maximum absolute atomic E-state index is 12.5. The summed E-state index contributed by atoms with van der Waals surface area (Å²) in [5, 5.41) is 3.04. The third-order valence-electron chi connectivity index (χ3n) is 5.12. The molecule has 2 aromatic rings. The van der Waals surface area contributed by atoms with Crippen LogP contribution < -0.4 is 14.8 Å². The van der Waals surface area contributed by atoms with Gasteiger partial charge in [0, 0.05) is 12.0 Å². The van der Waals surface area contributed by atoms with Gasteiger partial charge >= 0.3 is 6.09 Å². The molecule has 0 saturated carbocycles. The molecular formula is C23H26N2O5. The van der Waals surface area contributed by atoms with E-state index in [2.05, 4.69) is 11.4 Å². The van der Waals surface area contributed by atoms with Crippen molar-refractivity contribution in [1.29, 1.82) is 0 Å². The maximum Gasteiger partial charge on any atom is 0.410 e. The number of fused-ring (bicyclic) bond motifs is 1. The zero-order valence-corrected chi connectivity index (χ0v) is 17.2. The first kappa shape index (κ1) is 20.1. The van der Waals surface area contributed by atoms with Crippen LogP contribution in [0.4, 0.5) is 4.79 Å². The van der Waals surface area contributed by atoms with Gasteiger partial charge in [-0.1, -0.05) is 18.2 Å². The molecule has 0 aromatic heterocycles. The molecule has 2 aliphatic heterocycles. The van der Waals surface area contributed by atoms with Gasteiger partial charge in [-0.25, -0.2) is 4.79 Å². The van der Waals surface area contributed by atoms with Crippen LogP contribution in [-0.4, -0.2) is 49.3 Å². The van der Waals surface area contributed by atoms with E-state index in [4.69, 9.17) is 14.2 Å². The van der Waals surface area contributed by atoms with Crippen molar-refractivity contribution in [2.24, 2.45) is 0 Å². The Balaban J connectivity index is 1.49. The smallest absolute Gasteiger partial charge is 0.410 e. The minimum atomic E-state index is -0.440. The number of amides is 2. The van der Waals surface area contributed by atoms with Gasteiger partial charge in [0.2, 0.25) is 5.91 Å². The average Bonchev–Trinajstić information content (AvgIpc) is 3.12. The molecule has 30 heavy (non-hydrogen) atoms. The van der Waals surface area contributed by atoms with Gasteiger partial charge in [0.1, 0.15) is 24.7 Å². The molecule has 1 atom stereocenters. The molecule has 2 heterocycles. The minimum absolute atomic E-state index is 0.00251. The van der Waals surface area contributed by atoms with Crippen molar-refractivity contribution in [3.05, 3.63) is 48.0 Å². The molecule has 0 spiro atoms. The molecule has 0 aliphatic carbocycles. The van der Waals surface area contributed by atoms with Crippen molar-refractivity contribution in [2.45, 2.75) is 32.4 Å². The maximum atomic E-state index is 12.5.